The number of anilines is 1. The lowest BCUT2D eigenvalue weighted by atomic mass is 10.1. The number of nitrogens with zero attached hydrogens (tertiary/aromatic N) is 4. The number of hydrogen-bond acceptors (Lipinski definition) is 3. The highest BCUT2D eigenvalue weighted by molar-refractivity contribution is 6.08. The van der Waals surface area contributed by atoms with Gasteiger partial charge < -0.3 is 10.3 Å². The molecule has 0 atom stereocenters. The lowest BCUT2D eigenvalue weighted by molar-refractivity contribution is -0.137. The Labute approximate surface area is 185 Å². The van der Waals surface area contributed by atoms with E-state index in [0.29, 0.717) is 17.1 Å². The quantitative estimate of drug-likeness (QED) is 0.403. The van der Waals surface area contributed by atoms with E-state index in [9.17, 15) is 18.0 Å². The van der Waals surface area contributed by atoms with E-state index in [1.807, 2.05) is 18.2 Å². The summed E-state index contributed by atoms with van der Waals surface area (Å²) < 4.78 is 41.5. The van der Waals surface area contributed by atoms with Gasteiger partial charge in [0.05, 0.1) is 23.1 Å². The Morgan fingerprint density at radius 2 is 1.85 bits per heavy atom. The molecule has 0 aliphatic heterocycles. The largest absolute Gasteiger partial charge is 0.416 e. The number of carbonyl (C=O) groups excluding carboxylic acids is 1. The summed E-state index contributed by atoms with van der Waals surface area (Å²) >= 11 is 0. The number of aromatic amines is 1. The third-order valence-electron chi connectivity index (χ3n) is 5.25. The molecule has 2 aromatic carbocycles. The van der Waals surface area contributed by atoms with Gasteiger partial charge in [0.25, 0.3) is 5.91 Å². The zero-order chi connectivity index (χ0) is 23.2. The molecule has 0 saturated heterocycles. The maximum atomic E-state index is 12.8. The van der Waals surface area contributed by atoms with Gasteiger partial charge in [-0.25, -0.2) is 4.68 Å². The molecule has 0 spiro atoms. The number of halogens is 3. The van der Waals surface area contributed by atoms with Crippen LogP contribution >= 0.6 is 0 Å². The van der Waals surface area contributed by atoms with Crippen molar-refractivity contribution in [3.8, 4) is 16.8 Å². The van der Waals surface area contributed by atoms with Crippen molar-refractivity contribution < 1.29 is 18.0 Å². The number of alkyl halides is 3. The van der Waals surface area contributed by atoms with E-state index in [1.54, 1.807) is 42.6 Å². The van der Waals surface area contributed by atoms with Crippen LogP contribution in [0.1, 0.15) is 16.1 Å². The van der Waals surface area contributed by atoms with Gasteiger partial charge in [0.1, 0.15) is 0 Å². The maximum Gasteiger partial charge on any atom is 0.416 e. The van der Waals surface area contributed by atoms with Crippen LogP contribution in [0.15, 0.2) is 73.3 Å². The molecule has 0 unspecified atom stereocenters. The summed E-state index contributed by atoms with van der Waals surface area (Å²) in [6, 6.07) is 12.1. The van der Waals surface area contributed by atoms with Crippen molar-refractivity contribution in [1.29, 1.82) is 0 Å². The average molecular weight is 450 g/mol. The smallest absolute Gasteiger partial charge is 0.359 e. The monoisotopic (exact) mass is 450 g/mol. The Bertz CT molecular complexity index is 1460. The van der Waals surface area contributed by atoms with Crippen LogP contribution < -0.4 is 5.32 Å². The number of fused-ring (bicyclic) bond motifs is 1. The minimum absolute atomic E-state index is 0.306. The van der Waals surface area contributed by atoms with Gasteiger partial charge in [0, 0.05) is 42.1 Å². The molecular weight excluding hydrogens is 433 g/mol. The molecule has 0 radical (unpaired) electrons. The minimum atomic E-state index is -4.39. The number of hydrogen-bond donors (Lipinski definition) is 2. The standard InChI is InChI=1S/C23H17F3N6O/c1-31-9-8-20(30-31)22(33)29-21-12-27-19-7-2-14(10-18(19)21)15-11-28-32(13-15)17-5-3-16(4-6-17)23(24,25)26/h2-13,27H,1H3,(H,29,33). The first kappa shape index (κ1) is 20.6. The van der Waals surface area contributed by atoms with Gasteiger partial charge in [-0.15, -0.1) is 0 Å². The number of carbonyl (C=O) groups is 1. The Morgan fingerprint density at radius 3 is 2.55 bits per heavy atom. The molecule has 1 amide bonds. The summed E-state index contributed by atoms with van der Waals surface area (Å²) in [6.07, 6.45) is 2.39. The second kappa shape index (κ2) is 7.66. The summed E-state index contributed by atoms with van der Waals surface area (Å²) in [5.74, 6) is -0.322. The van der Waals surface area contributed by atoms with Crippen LogP contribution in [0.4, 0.5) is 18.9 Å². The number of amides is 1. The molecule has 5 aromatic rings. The summed E-state index contributed by atoms with van der Waals surface area (Å²) in [6.45, 7) is 0. The van der Waals surface area contributed by atoms with Gasteiger partial charge >= 0.3 is 6.18 Å². The number of nitrogens with one attached hydrogen (secondary N) is 2. The first-order valence-corrected chi connectivity index (χ1v) is 9.93. The van der Waals surface area contributed by atoms with Crippen LogP contribution in [-0.2, 0) is 13.2 Å². The van der Waals surface area contributed by atoms with E-state index in [0.717, 1.165) is 34.2 Å². The van der Waals surface area contributed by atoms with Crippen LogP contribution in [0.3, 0.4) is 0 Å². The zero-order valence-corrected chi connectivity index (χ0v) is 17.3. The summed E-state index contributed by atoms with van der Waals surface area (Å²) in [5, 5.41) is 12.1. The molecule has 0 saturated carbocycles. The summed E-state index contributed by atoms with van der Waals surface area (Å²) in [7, 11) is 1.74. The van der Waals surface area contributed by atoms with E-state index in [2.05, 4.69) is 20.5 Å². The Balaban J connectivity index is 1.42. The van der Waals surface area contributed by atoms with Crippen molar-refractivity contribution in [2.45, 2.75) is 6.18 Å². The number of benzene rings is 2. The molecule has 0 fully saturated rings. The second-order valence-electron chi connectivity index (χ2n) is 7.51. The number of rotatable bonds is 4. The minimum Gasteiger partial charge on any atom is -0.359 e. The lowest BCUT2D eigenvalue weighted by Crippen LogP contribution is -2.12. The van der Waals surface area contributed by atoms with Crippen molar-refractivity contribution in [1.82, 2.24) is 24.5 Å². The van der Waals surface area contributed by atoms with E-state index in [-0.39, 0.29) is 5.91 Å². The van der Waals surface area contributed by atoms with Crippen molar-refractivity contribution in [3.63, 3.8) is 0 Å². The van der Waals surface area contributed by atoms with Crippen molar-refractivity contribution in [3.05, 3.63) is 84.6 Å². The van der Waals surface area contributed by atoms with Crippen molar-refractivity contribution >= 4 is 22.5 Å². The van der Waals surface area contributed by atoms with Crippen LogP contribution in [0.2, 0.25) is 0 Å². The first-order valence-electron chi connectivity index (χ1n) is 9.93. The molecular formula is C23H17F3N6O. The van der Waals surface area contributed by atoms with E-state index < -0.39 is 11.7 Å². The second-order valence-corrected chi connectivity index (χ2v) is 7.51. The molecule has 3 heterocycles. The third-order valence-corrected chi connectivity index (χ3v) is 5.25. The van der Waals surface area contributed by atoms with E-state index in [1.165, 1.54) is 16.8 Å². The highest BCUT2D eigenvalue weighted by Gasteiger charge is 2.30. The number of H-pyrrole nitrogens is 1. The molecule has 0 bridgehead atoms. The topological polar surface area (TPSA) is 80.5 Å². The molecule has 10 heteroatoms. The fourth-order valence-electron chi connectivity index (χ4n) is 3.54. The molecule has 2 N–H and O–H groups in total. The predicted molar refractivity (Wildman–Crippen MR) is 117 cm³/mol. The highest BCUT2D eigenvalue weighted by Crippen LogP contribution is 2.31. The lowest BCUT2D eigenvalue weighted by Gasteiger charge is -2.07. The van der Waals surface area contributed by atoms with Crippen LogP contribution in [0, 0.1) is 0 Å². The van der Waals surface area contributed by atoms with Crippen LogP contribution in [-0.4, -0.2) is 30.5 Å². The SMILES string of the molecule is Cn1ccc(C(=O)Nc2c[nH]c3ccc(-c4cnn(-c5ccc(C(F)(F)F)cc5)c4)cc23)n1. The normalized spacial score (nSPS) is 11.8. The number of aryl methyl sites for hydroxylation is 1. The van der Waals surface area contributed by atoms with E-state index in [4.69, 9.17) is 0 Å². The number of aromatic nitrogens is 5. The Kier molecular flexibility index (Phi) is 4.77. The van der Waals surface area contributed by atoms with Gasteiger partial charge in [-0.05, 0) is 48.0 Å². The fraction of sp³-hybridized carbons (Fsp3) is 0.0870. The molecule has 7 nitrogen and oxygen atoms in total. The first-order chi connectivity index (χ1) is 15.8. The van der Waals surface area contributed by atoms with Gasteiger partial charge in [0.2, 0.25) is 0 Å². The fourth-order valence-corrected chi connectivity index (χ4v) is 3.54. The third kappa shape index (κ3) is 3.98. The Morgan fingerprint density at radius 1 is 1.06 bits per heavy atom. The average Bonchev–Trinajstić information content (AvgIpc) is 3.53. The van der Waals surface area contributed by atoms with Gasteiger partial charge in [-0.2, -0.15) is 23.4 Å². The van der Waals surface area contributed by atoms with Crippen LogP contribution in [0.25, 0.3) is 27.7 Å². The van der Waals surface area contributed by atoms with E-state index >= 15 is 0 Å². The van der Waals surface area contributed by atoms with Gasteiger partial charge in [-0.1, -0.05) is 6.07 Å². The molecule has 0 aliphatic carbocycles. The zero-order valence-electron chi connectivity index (χ0n) is 17.3. The molecule has 3 aromatic heterocycles. The predicted octanol–water partition coefficient (Wildman–Crippen LogP) is 5.03. The molecule has 166 valence electrons. The van der Waals surface area contributed by atoms with Gasteiger partial charge in [-0.3, -0.25) is 9.48 Å². The molecule has 33 heavy (non-hydrogen) atoms. The van der Waals surface area contributed by atoms with Gasteiger partial charge in [0.15, 0.2) is 5.69 Å². The van der Waals surface area contributed by atoms with Crippen molar-refractivity contribution in [2.75, 3.05) is 5.32 Å². The Hall–Kier alpha value is -4.34. The summed E-state index contributed by atoms with van der Waals surface area (Å²) in [5.41, 5.74) is 3.18. The highest BCUT2D eigenvalue weighted by atomic mass is 19.4. The van der Waals surface area contributed by atoms with Crippen molar-refractivity contribution in [2.24, 2.45) is 7.05 Å². The maximum absolute atomic E-state index is 12.8. The summed E-state index contributed by atoms with van der Waals surface area (Å²) in [4.78, 5) is 15.6. The van der Waals surface area contributed by atoms with Crippen LogP contribution in [0.5, 0.6) is 0 Å². The molecule has 0 aliphatic rings. The molecule has 5 rings (SSSR count).